The molecule has 1 rings (SSSR count). The van der Waals surface area contributed by atoms with Gasteiger partial charge in [-0.2, -0.15) is 0 Å². The number of nitro benzene ring substituents is 1. The zero-order chi connectivity index (χ0) is 18.5. The molecule has 0 bridgehead atoms. The fourth-order valence-corrected chi connectivity index (χ4v) is 6.15. The van der Waals surface area contributed by atoms with Gasteiger partial charge in [0, 0.05) is 46.3 Å². The number of nitro groups is 1. The SMILES string of the molecule is COP(=O)(OC)C(Nc1ccc([N+](=O)[O-])cc1C)P(=O)(OC)OC. The molecule has 10 nitrogen and oxygen atoms in total. The van der Waals surface area contributed by atoms with Crippen LogP contribution in [0.1, 0.15) is 5.56 Å². The number of aryl methyl sites for hydroxylation is 1. The first-order valence-corrected chi connectivity index (χ1v) is 9.83. The largest absolute Gasteiger partial charge is 0.364 e. The number of benzene rings is 1. The molecule has 0 aliphatic rings. The molecular weight excluding hydrogens is 362 g/mol. The van der Waals surface area contributed by atoms with Crippen LogP contribution < -0.4 is 5.32 Å². The highest BCUT2D eigenvalue weighted by Crippen LogP contribution is 2.69. The summed E-state index contributed by atoms with van der Waals surface area (Å²) in [5.41, 5.74) is -0.769. The number of hydrogen-bond acceptors (Lipinski definition) is 9. The van der Waals surface area contributed by atoms with Crippen molar-refractivity contribution in [1.29, 1.82) is 0 Å². The third-order valence-corrected chi connectivity index (χ3v) is 8.51. The Morgan fingerprint density at radius 1 is 1.04 bits per heavy atom. The molecule has 12 heteroatoms. The zero-order valence-electron chi connectivity index (χ0n) is 13.9. The third kappa shape index (κ3) is 4.22. The van der Waals surface area contributed by atoms with Gasteiger partial charge in [-0.1, -0.05) is 0 Å². The van der Waals surface area contributed by atoms with Gasteiger partial charge < -0.3 is 23.4 Å². The van der Waals surface area contributed by atoms with E-state index in [1.54, 1.807) is 6.92 Å². The van der Waals surface area contributed by atoms with Gasteiger partial charge in [0.25, 0.3) is 5.69 Å². The highest BCUT2D eigenvalue weighted by molar-refractivity contribution is 7.72. The van der Waals surface area contributed by atoms with Crippen molar-refractivity contribution < 1.29 is 32.1 Å². The minimum Gasteiger partial charge on any atom is -0.361 e. The maximum atomic E-state index is 12.8. The molecule has 0 heterocycles. The van der Waals surface area contributed by atoms with Crippen LogP contribution in [0.3, 0.4) is 0 Å². The highest BCUT2D eigenvalue weighted by Gasteiger charge is 2.49. The van der Waals surface area contributed by atoms with Crippen LogP contribution in [0.5, 0.6) is 0 Å². The summed E-state index contributed by atoms with van der Waals surface area (Å²) in [5.74, 6) is 0. The first-order chi connectivity index (χ1) is 11.2. The summed E-state index contributed by atoms with van der Waals surface area (Å²) in [6, 6.07) is 3.96. The number of hydrogen-bond donors (Lipinski definition) is 1. The lowest BCUT2D eigenvalue weighted by Gasteiger charge is -2.30. The van der Waals surface area contributed by atoms with Crippen molar-refractivity contribution in [3.05, 3.63) is 33.9 Å². The summed E-state index contributed by atoms with van der Waals surface area (Å²) >= 11 is 0. The minimum atomic E-state index is -3.92. The Balaban J connectivity index is 3.36. The second kappa shape index (κ2) is 8.20. The Labute approximate surface area is 139 Å². The van der Waals surface area contributed by atoms with E-state index in [0.29, 0.717) is 11.3 Å². The van der Waals surface area contributed by atoms with Gasteiger partial charge in [0.1, 0.15) is 0 Å². The molecule has 0 radical (unpaired) electrons. The molecule has 1 N–H and O–H groups in total. The predicted molar refractivity (Wildman–Crippen MR) is 88.5 cm³/mol. The van der Waals surface area contributed by atoms with Crippen molar-refractivity contribution >= 4 is 26.6 Å². The van der Waals surface area contributed by atoms with Crippen LogP contribution in [0, 0.1) is 17.0 Å². The number of rotatable bonds is 9. The van der Waals surface area contributed by atoms with Gasteiger partial charge in [-0.25, -0.2) is 0 Å². The Kier molecular flexibility index (Phi) is 7.10. The number of nitrogens with zero attached hydrogens (tertiary/aromatic N) is 1. The zero-order valence-corrected chi connectivity index (χ0v) is 15.7. The van der Waals surface area contributed by atoms with Crippen LogP contribution in [-0.4, -0.2) is 38.9 Å². The lowest BCUT2D eigenvalue weighted by Crippen LogP contribution is -2.24. The second-order valence-corrected chi connectivity index (χ2v) is 9.64. The quantitative estimate of drug-likeness (QED) is 0.387. The smallest absolute Gasteiger partial charge is 0.361 e. The van der Waals surface area contributed by atoms with E-state index in [0.717, 1.165) is 28.4 Å². The molecule has 0 aromatic heterocycles. The van der Waals surface area contributed by atoms with E-state index in [4.69, 9.17) is 18.1 Å². The van der Waals surface area contributed by atoms with Gasteiger partial charge in [0.05, 0.1) is 4.92 Å². The van der Waals surface area contributed by atoms with E-state index < -0.39 is 25.6 Å². The van der Waals surface area contributed by atoms with E-state index in [1.807, 2.05) is 0 Å². The van der Waals surface area contributed by atoms with Crippen LogP contribution in [0.2, 0.25) is 0 Å². The van der Waals surface area contributed by atoms with Gasteiger partial charge in [0.2, 0.25) is 5.52 Å². The van der Waals surface area contributed by atoms with Crippen molar-refractivity contribution in [3.8, 4) is 0 Å². The molecule has 0 fully saturated rings. The van der Waals surface area contributed by atoms with E-state index in [-0.39, 0.29) is 5.69 Å². The van der Waals surface area contributed by atoms with Crippen LogP contribution in [-0.2, 0) is 27.2 Å². The lowest BCUT2D eigenvalue weighted by atomic mass is 10.2. The van der Waals surface area contributed by atoms with Gasteiger partial charge in [-0.3, -0.25) is 19.2 Å². The molecule has 136 valence electrons. The van der Waals surface area contributed by atoms with E-state index >= 15 is 0 Å². The van der Waals surface area contributed by atoms with Crippen LogP contribution >= 0.6 is 15.2 Å². The molecule has 0 saturated carbocycles. The molecule has 0 saturated heterocycles. The molecule has 0 aliphatic carbocycles. The Bertz CT molecular complexity index is 654. The number of anilines is 1. The molecule has 0 aliphatic heterocycles. The summed E-state index contributed by atoms with van der Waals surface area (Å²) in [6.07, 6.45) is 0. The van der Waals surface area contributed by atoms with Crippen LogP contribution in [0.4, 0.5) is 11.4 Å². The Morgan fingerprint density at radius 2 is 1.50 bits per heavy atom. The van der Waals surface area contributed by atoms with Crippen molar-refractivity contribution in [2.45, 2.75) is 12.4 Å². The van der Waals surface area contributed by atoms with Crippen molar-refractivity contribution in [3.63, 3.8) is 0 Å². The normalized spacial score (nSPS) is 12.4. The van der Waals surface area contributed by atoms with Crippen LogP contribution in [0.15, 0.2) is 18.2 Å². The average Bonchev–Trinajstić information content (AvgIpc) is 2.59. The van der Waals surface area contributed by atoms with Crippen molar-refractivity contribution in [2.75, 3.05) is 33.8 Å². The van der Waals surface area contributed by atoms with Gasteiger partial charge in [-0.05, 0) is 18.6 Å². The number of non-ortho nitro benzene ring substituents is 1. The fourth-order valence-electron chi connectivity index (χ4n) is 1.94. The first kappa shape index (κ1) is 20.8. The molecule has 24 heavy (non-hydrogen) atoms. The molecule has 1 aromatic carbocycles. The monoisotopic (exact) mass is 382 g/mol. The first-order valence-electron chi connectivity index (χ1n) is 6.61. The van der Waals surface area contributed by atoms with E-state index in [9.17, 15) is 19.2 Å². The van der Waals surface area contributed by atoms with Crippen molar-refractivity contribution in [2.24, 2.45) is 0 Å². The molecule has 0 spiro atoms. The Morgan fingerprint density at radius 3 is 1.83 bits per heavy atom. The van der Waals surface area contributed by atoms with Crippen LogP contribution in [0.25, 0.3) is 0 Å². The van der Waals surface area contributed by atoms with Crippen molar-refractivity contribution in [1.82, 2.24) is 0 Å². The topological polar surface area (TPSA) is 126 Å². The lowest BCUT2D eigenvalue weighted by molar-refractivity contribution is -0.384. The molecule has 0 amide bonds. The second-order valence-electron chi connectivity index (χ2n) is 4.58. The molecule has 0 atom stereocenters. The fraction of sp³-hybridized carbons (Fsp3) is 0.500. The predicted octanol–water partition coefficient (Wildman–Crippen LogP) is 3.57. The summed E-state index contributed by atoms with van der Waals surface area (Å²) in [7, 11) is -3.30. The average molecular weight is 382 g/mol. The maximum absolute atomic E-state index is 12.8. The molecular formula is C12H20N2O8P2. The van der Waals surface area contributed by atoms with E-state index in [1.165, 1.54) is 18.2 Å². The highest BCUT2D eigenvalue weighted by atomic mass is 31.2. The molecule has 0 unspecified atom stereocenters. The van der Waals surface area contributed by atoms with Gasteiger partial charge >= 0.3 is 15.2 Å². The molecule has 1 aromatic rings. The maximum Gasteiger partial charge on any atom is 0.364 e. The van der Waals surface area contributed by atoms with Gasteiger partial charge in [-0.15, -0.1) is 0 Å². The van der Waals surface area contributed by atoms with Gasteiger partial charge in [0.15, 0.2) is 0 Å². The van der Waals surface area contributed by atoms with E-state index in [2.05, 4.69) is 5.32 Å². The Hall–Kier alpha value is -1.28. The third-order valence-electron chi connectivity index (χ3n) is 3.32. The standard InChI is InChI=1S/C12H20N2O8P2/c1-9-8-10(14(15)16)6-7-11(9)13-12(23(17,19-2)20-3)24(18,21-4)22-5/h6-8,12-13H,1-5H3. The minimum absolute atomic E-state index is 0.113. The summed E-state index contributed by atoms with van der Waals surface area (Å²) in [5, 5.41) is 13.6. The summed E-state index contributed by atoms with van der Waals surface area (Å²) < 4.78 is 45.1. The number of nitrogens with one attached hydrogen (secondary N) is 1. The summed E-state index contributed by atoms with van der Waals surface area (Å²) in [4.78, 5) is 10.3. The summed E-state index contributed by atoms with van der Waals surface area (Å²) in [6.45, 7) is 1.60.